The van der Waals surface area contributed by atoms with Gasteiger partial charge < -0.3 is 4.90 Å². The van der Waals surface area contributed by atoms with E-state index in [0.717, 1.165) is 24.3 Å². The van der Waals surface area contributed by atoms with E-state index in [0.29, 0.717) is 5.95 Å². The van der Waals surface area contributed by atoms with E-state index in [-0.39, 0.29) is 5.82 Å². The molecule has 1 aromatic heterocycles. The predicted octanol–water partition coefficient (Wildman–Crippen LogP) is 2.28. The normalized spacial score (nSPS) is 15.1. The van der Waals surface area contributed by atoms with E-state index in [1.54, 1.807) is 18.3 Å². The van der Waals surface area contributed by atoms with Crippen LogP contribution in [0.2, 0.25) is 0 Å². The maximum atomic E-state index is 12.9. The first-order chi connectivity index (χ1) is 8.83. The van der Waals surface area contributed by atoms with Crippen LogP contribution in [-0.4, -0.2) is 28.3 Å². The molecule has 0 radical (unpaired) electrons. The summed E-state index contributed by atoms with van der Waals surface area (Å²) in [5.74, 6) is 0.412. The van der Waals surface area contributed by atoms with Crippen LogP contribution < -0.4 is 4.90 Å². The molecule has 0 spiro atoms. The summed E-state index contributed by atoms with van der Waals surface area (Å²) in [6, 6.07) is 6.25. The minimum Gasteiger partial charge on any atom is -0.340 e. The number of halogens is 1. The first-order valence-corrected chi connectivity index (χ1v) is 6.03. The smallest absolute Gasteiger partial charge is 0.245 e. The van der Waals surface area contributed by atoms with Crippen molar-refractivity contribution in [2.45, 2.75) is 12.8 Å². The standard InChI is InChI=1S/C13H13FN4/c14-11-5-3-10(4-6-11)12-9-15-17-13(16-12)18-7-1-2-8-18/h3-6,9H,1-2,7-8H2. The maximum Gasteiger partial charge on any atom is 0.245 e. The quantitative estimate of drug-likeness (QED) is 0.812. The van der Waals surface area contributed by atoms with Gasteiger partial charge in [0.2, 0.25) is 5.95 Å². The van der Waals surface area contributed by atoms with Gasteiger partial charge in [0.1, 0.15) is 5.82 Å². The fourth-order valence-electron chi connectivity index (χ4n) is 2.10. The van der Waals surface area contributed by atoms with Gasteiger partial charge in [0.05, 0.1) is 11.9 Å². The highest BCUT2D eigenvalue weighted by Gasteiger charge is 2.15. The molecule has 0 N–H and O–H groups in total. The number of nitrogens with zero attached hydrogens (tertiary/aromatic N) is 4. The zero-order chi connectivity index (χ0) is 12.4. The van der Waals surface area contributed by atoms with Crippen molar-refractivity contribution in [3.63, 3.8) is 0 Å². The molecule has 0 aliphatic carbocycles. The lowest BCUT2D eigenvalue weighted by Gasteiger charge is -2.14. The zero-order valence-electron chi connectivity index (χ0n) is 9.88. The van der Waals surface area contributed by atoms with E-state index in [1.165, 1.54) is 25.0 Å². The number of hydrogen-bond acceptors (Lipinski definition) is 4. The molecule has 4 nitrogen and oxygen atoms in total. The third-order valence-corrected chi connectivity index (χ3v) is 3.08. The Morgan fingerprint density at radius 3 is 2.50 bits per heavy atom. The summed E-state index contributed by atoms with van der Waals surface area (Å²) in [4.78, 5) is 6.61. The average Bonchev–Trinajstić information content (AvgIpc) is 2.94. The number of benzene rings is 1. The summed E-state index contributed by atoms with van der Waals surface area (Å²) in [7, 11) is 0. The molecule has 0 unspecified atom stereocenters. The molecule has 1 saturated heterocycles. The summed E-state index contributed by atoms with van der Waals surface area (Å²) in [5, 5.41) is 8.04. The van der Waals surface area contributed by atoms with Gasteiger partial charge in [0.25, 0.3) is 0 Å². The predicted molar refractivity (Wildman–Crippen MR) is 66.7 cm³/mol. The van der Waals surface area contributed by atoms with E-state index < -0.39 is 0 Å². The Kier molecular flexibility index (Phi) is 2.88. The minimum atomic E-state index is -0.250. The maximum absolute atomic E-state index is 12.9. The molecule has 3 rings (SSSR count). The minimum absolute atomic E-state index is 0.250. The Bertz CT molecular complexity index is 535. The summed E-state index contributed by atoms with van der Waals surface area (Å²) < 4.78 is 12.9. The molecule has 0 saturated carbocycles. The molecule has 92 valence electrons. The van der Waals surface area contributed by atoms with E-state index in [1.807, 2.05) is 0 Å². The number of rotatable bonds is 2. The Labute approximate surface area is 104 Å². The van der Waals surface area contributed by atoms with Gasteiger partial charge in [-0.3, -0.25) is 0 Å². The number of hydrogen-bond donors (Lipinski definition) is 0. The van der Waals surface area contributed by atoms with Gasteiger partial charge in [0.15, 0.2) is 0 Å². The number of anilines is 1. The van der Waals surface area contributed by atoms with Gasteiger partial charge in [-0.2, -0.15) is 5.10 Å². The SMILES string of the molecule is Fc1ccc(-c2cnnc(N3CCCC3)n2)cc1. The van der Waals surface area contributed by atoms with Crippen LogP contribution in [-0.2, 0) is 0 Å². The van der Waals surface area contributed by atoms with Crippen molar-refractivity contribution in [1.29, 1.82) is 0 Å². The lowest BCUT2D eigenvalue weighted by Crippen LogP contribution is -2.21. The van der Waals surface area contributed by atoms with Crippen LogP contribution in [0.3, 0.4) is 0 Å². The Morgan fingerprint density at radius 2 is 1.78 bits per heavy atom. The van der Waals surface area contributed by atoms with E-state index >= 15 is 0 Å². The monoisotopic (exact) mass is 244 g/mol. The van der Waals surface area contributed by atoms with E-state index in [4.69, 9.17) is 0 Å². The van der Waals surface area contributed by atoms with Crippen molar-refractivity contribution >= 4 is 5.95 Å². The van der Waals surface area contributed by atoms with Gasteiger partial charge in [-0.25, -0.2) is 9.37 Å². The molecule has 0 atom stereocenters. The van der Waals surface area contributed by atoms with Crippen LogP contribution in [0.25, 0.3) is 11.3 Å². The molecule has 1 fully saturated rings. The van der Waals surface area contributed by atoms with E-state index in [2.05, 4.69) is 20.1 Å². The fraction of sp³-hybridized carbons (Fsp3) is 0.308. The molecule has 1 aliphatic rings. The van der Waals surface area contributed by atoms with Crippen LogP contribution >= 0.6 is 0 Å². The first kappa shape index (κ1) is 11.1. The van der Waals surface area contributed by atoms with Crippen LogP contribution in [0.4, 0.5) is 10.3 Å². The topological polar surface area (TPSA) is 41.9 Å². The third-order valence-electron chi connectivity index (χ3n) is 3.08. The van der Waals surface area contributed by atoms with Crippen LogP contribution in [0.15, 0.2) is 30.5 Å². The molecule has 1 aromatic carbocycles. The van der Waals surface area contributed by atoms with Crippen molar-refractivity contribution < 1.29 is 4.39 Å². The summed E-state index contributed by atoms with van der Waals surface area (Å²) >= 11 is 0. The van der Waals surface area contributed by atoms with Gasteiger partial charge in [-0.1, -0.05) is 0 Å². The second kappa shape index (κ2) is 4.68. The Morgan fingerprint density at radius 1 is 1.06 bits per heavy atom. The zero-order valence-corrected chi connectivity index (χ0v) is 9.88. The second-order valence-electron chi connectivity index (χ2n) is 4.34. The van der Waals surface area contributed by atoms with Crippen molar-refractivity contribution in [1.82, 2.24) is 15.2 Å². The Hall–Kier alpha value is -2.04. The van der Waals surface area contributed by atoms with Crippen LogP contribution in [0, 0.1) is 5.82 Å². The molecule has 18 heavy (non-hydrogen) atoms. The van der Waals surface area contributed by atoms with Gasteiger partial charge in [0, 0.05) is 18.7 Å². The van der Waals surface area contributed by atoms with Gasteiger partial charge in [-0.05, 0) is 37.1 Å². The lowest BCUT2D eigenvalue weighted by atomic mass is 10.2. The molecule has 1 aliphatic heterocycles. The van der Waals surface area contributed by atoms with Gasteiger partial charge in [-0.15, -0.1) is 5.10 Å². The summed E-state index contributed by atoms with van der Waals surface area (Å²) in [5.41, 5.74) is 1.58. The molecule has 2 heterocycles. The lowest BCUT2D eigenvalue weighted by molar-refractivity contribution is 0.628. The van der Waals surface area contributed by atoms with Crippen molar-refractivity contribution in [2.75, 3.05) is 18.0 Å². The molecule has 2 aromatic rings. The Balaban J connectivity index is 1.92. The molecular weight excluding hydrogens is 231 g/mol. The highest BCUT2D eigenvalue weighted by Crippen LogP contribution is 2.20. The van der Waals surface area contributed by atoms with Gasteiger partial charge >= 0.3 is 0 Å². The number of aromatic nitrogens is 3. The molecule has 0 amide bonds. The summed E-state index contributed by atoms with van der Waals surface area (Å²) in [6.07, 6.45) is 3.95. The van der Waals surface area contributed by atoms with Crippen LogP contribution in [0.5, 0.6) is 0 Å². The second-order valence-corrected chi connectivity index (χ2v) is 4.34. The highest BCUT2D eigenvalue weighted by molar-refractivity contribution is 5.59. The van der Waals surface area contributed by atoms with Crippen molar-refractivity contribution in [2.24, 2.45) is 0 Å². The largest absolute Gasteiger partial charge is 0.340 e. The molecule has 0 bridgehead atoms. The average molecular weight is 244 g/mol. The summed E-state index contributed by atoms with van der Waals surface area (Å²) in [6.45, 7) is 1.96. The van der Waals surface area contributed by atoms with E-state index in [9.17, 15) is 4.39 Å². The molecule has 5 heteroatoms. The van der Waals surface area contributed by atoms with Crippen LogP contribution in [0.1, 0.15) is 12.8 Å². The highest BCUT2D eigenvalue weighted by atomic mass is 19.1. The fourth-order valence-corrected chi connectivity index (χ4v) is 2.10. The third kappa shape index (κ3) is 2.16. The van der Waals surface area contributed by atoms with Crippen molar-refractivity contribution in [3.05, 3.63) is 36.3 Å². The molecular formula is C13H13FN4. The van der Waals surface area contributed by atoms with Crippen molar-refractivity contribution in [3.8, 4) is 11.3 Å². The first-order valence-electron chi connectivity index (χ1n) is 6.03.